The Kier molecular flexibility index (Phi) is 3.57. The molecule has 8 heteroatoms. The van der Waals surface area contributed by atoms with Crippen molar-refractivity contribution < 1.29 is 4.79 Å². The van der Waals surface area contributed by atoms with Gasteiger partial charge >= 0.3 is 0 Å². The van der Waals surface area contributed by atoms with Crippen molar-refractivity contribution in [3.8, 4) is 0 Å². The fourth-order valence-electron chi connectivity index (χ4n) is 1.73. The Bertz CT molecular complexity index is 781. The normalized spacial score (nSPS) is 10.8. The van der Waals surface area contributed by atoms with Gasteiger partial charge in [0.05, 0.1) is 20.0 Å². The molecule has 2 aromatic heterocycles. The Hall–Kier alpha value is -1.68. The highest BCUT2D eigenvalue weighted by Gasteiger charge is 2.09. The number of nitrogen functional groups attached to an aromatic ring is 1. The maximum atomic E-state index is 11.9. The number of nitrogens with two attached hydrogens (primary N) is 1. The van der Waals surface area contributed by atoms with Crippen LogP contribution in [-0.4, -0.2) is 20.7 Å². The third-order valence-corrected chi connectivity index (χ3v) is 4.06. The number of hydrogen-bond donors (Lipinski definition) is 2. The number of nitrogens with zero attached hydrogens (tertiary/aromatic N) is 3. The van der Waals surface area contributed by atoms with Crippen LogP contribution < -0.4 is 11.1 Å². The van der Waals surface area contributed by atoms with E-state index in [9.17, 15) is 4.79 Å². The Morgan fingerprint density at radius 2 is 2.35 bits per heavy atom. The zero-order valence-corrected chi connectivity index (χ0v) is 13.2. The summed E-state index contributed by atoms with van der Waals surface area (Å²) >= 11 is 3.55. The van der Waals surface area contributed by atoms with Gasteiger partial charge in [-0.05, 0) is 40.8 Å². The molecule has 0 saturated heterocycles. The minimum Gasteiger partial charge on any atom is -0.399 e. The Balaban J connectivity index is 1.73. The van der Waals surface area contributed by atoms with Gasteiger partial charge in [-0.1, -0.05) is 11.3 Å². The largest absolute Gasteiger partial charge is 0.399 e. The van der Waals surface area contributed by atoms with E-state index >= 15 is 0 Å². The number of hydrogen-bond acceptors (Lipinski definition) is 5. The molecular weight excluding hydrogens is 389 g/mol. The standard InChI is InChI=1S/C12H10IN5OS/c13-7-4-15-18(5-7)6-11(19)17-12-16-9-2-1-8(14)3-10(9)20-12/h1-5H,6,14H2,(H,16,17,19). The van der Waals surface area contributed by atoms with Crippen molar-refractivity contribution in [2.75, 3.05) is 11.1 Å². The van der Waals surface area contributed by atoms with Crippen LogP contribution in [0.1, 0.15) is 0 Å². The minimum atomic E-state index is -0.156. The summed E-state index contributed by atoms with van der Waals surface area (Å²) in [6.07, 6.45) is 3.51. The molecule has 1 aromatic carbocycles. The smallest absolute Gasteiger partial charge is 0.247 e. The molecule has 3 N–H and O–H groups in total. The predicted octanol–water partition coefficient (Wildman–Crippen LogP) is 2.32. The second-order valence-electron chi connectivity index (χ2n) is 4.15. The van der Waals surface area contributed by atoms with Crippen molar-refractivity contribution in [1.82, 2.24) is 14.8 Å². The van der Waals surface area contributed by atoms with E-state index in [1.165, 1.54) is 11.3 Å². The highest BCUT2D eigenvalue weighted by Crippen LogP contribution is 2.27. The van der Waals surface area contributed by atoms with Gasteiger partial charge in [0.2, 0.25) is 5.91 Å². The number of nitrogens with one attached hydrogen (secondary N) is 1. The Labute approximate surface area is 132 Å². The van der Waals surface area contributed by atoms with Crippen LogP contribution in [0, 0.1) is 3.57 Å². The average Bonchev–Trinajstić information content (AvgIpc) is 2.94. The number of anilines is 2. The highest BCUT2D eigenvalue weighted by molar-refractivity contribution is 14.1. The van der Waals surface area contributed by atoms with Crippen molar-refractivity contribution in [2.24, 2.45) is 0 Å². The number of halogens is 1. The highest BCUT2D eigenvalue weighted by atomic mass is 127. The first-order valence-electron chi connectivity index (χ1n) is 5.74. The molecule has 0 atom stereocenters. The first kappa shape index (κ1) is 13.3. The average molecular weight is 399 g/mol. The third kappa shape index (κ3) is 2.90. The molecule has 3 rings (SSSR count). The SMILES string of the molecule is Nc1ccc2nc(NC(=O)Cn3cc(I)cn3)sc2c1. The molecule has 0 aliphatic carbocycles. The minimum absolute atomic E-state index is 0.156. The zero-order valence-electron chi connectivity index (χ0n) is 10.2. The molecule has 0 aliphatic heterocycles. The molecule has 0 fully saturated rings. The summed E-state index contributed by atoms with van der Waals surface area (Å²) < 4.78 is 3.53. The van der Waals surface area contributed by atoms with E-state index in [-0.39, 0.29) is 12.5 Å². The van der Waals surface area contributed by atoms with Crippen LogP contribution in [0.5, 0.6) is 0 Å². The van der Waals surface area contributed by atoms with Gasteiger partial charge in [0, 0.05) is 11.9 Å². The zero-order chi connectivity index (χ0) is 14.1. The summed E-state index contributed by atoms with van der Waals surface area (Å²) in [5, 5.41) is 7.41. The van der Waals surface area contributed by atoms with Crippen LogP contribution in [0.3, 0.4) is 0 Å². The Morgan fingerprint density at radius 1 is 1.50 bits per heavy atom. The summed E-state index contributed by atoms with van der Waals surface area (Å²) in [6.45, 7) is 0.168. The van der Waals surface area contributed by atoms with E-state index in [1.807, 2.05) is 12.1 Å². The van der Waals surface area contributed by atoms with Gasteiger partial charge in [-0.2, -0.15) is 5.10 Å². The topological polar surface area (TPSA) is 85.8 Å². The summed E-state index contributed by atoms with van der Waals surface area (Å²) in [5.41, 5.74) is 7.23. The Morgan fingerprint density at radius 3 is 3.10 bits per heavy atom. The monoisotopic (exact) mass is 399 g/mol. The van der Waals surface area contributed by atoms with E-state index < -0.39 is 0 Å². The number of rotatable bonds is 3. The maximum absolute atomic E-state index is 11.9. The van der Waals surface area contributed by atoms with Crippen molar-refractivity contribution in [3.63, 3.8) is 0 Å². The lowest BCUT2D eigenvalue weighted by Crippen LogP contribution is -2.18. The molecule has 2 heterocycles. The quantitative estimate of drug-likeness (QED) is 0.523. The predicted molar refractivity (Wildman–Crippen MR) is 87.6 cm³/mol. The maximum Gasteiger partial charge on any atom is 0.247 e. The van der Waals surface area contributed by atoms with Crippen LogP contribution in [0.25, 0.3) is 10.2 Å². The number of fused-ring (bicyclic) bond motifs is 1. The fourth-order valence-corrected chi connectivity index (χ4v) is 3.10. The molecule has 3 aromatic rings. The van der Waals surface area contributed by atoms with E-state index in [2.05, 4.69) is 38.0 Å². The van der Waals surface area contributed by atoms with Gasteiger partial charge in [-0.3, -0.25) is 9.48 Å². The molecule has 1 amide bonds. The van der Waals surface area contributed by atoms with E-state index in [0.717, 1.165) is 13.8 Å². The molecule has 102 valence electrons. The van der Waals surface area contributed by atoms with Gasteiger partial charge in [-0.15, -0.1) is 0 Å². The van der Waals surface area contributed by atoms with Crippen molar-refractivity contribution >= 4 is 60.9 Å². The molecule has 0 unspecified atom stereocenters. The summed E-state index contributed by atoms with van der Waals surface area (Å²) in [7, 11) is 0. The van der Waals surface area contributed by atoms with E-state index in [4.69, 9.17) is 5.73 Å². The lowest BCUT2D eigenvalue weighted by atomic mass is 10.3. The van der Waals surface area contributed by atoms with Crippen molar-refractivity contribution in [1.29, 1.82) is 0 Å². The number of carbonyl (C=O) groups excluding carboxylic acids is 1. The van der Waals surface area contributed by atoms with E-state index in [1.54, 1.807) is 23.1 Å². The van der Waals surface area contributed by atoms with Crippen LogP contribution >= 0.6 is 33.9 Å². The number of thiazole rings is 1. The van der Waals surface area contributed by atoms with E-state index in [0.29, 0.717) is 10.8 Å². The first-order chi connectivity index (χ1) is 9.60. The van der Waals surface area contributed by atoms with Gasteiger partial charge in [0.25, 0.3) is 0 Å². The van der Waals surface area contributed by atoms with Crippen LogP contribution in [-0.2, 0) is 11.3 Å². The lowest BCUT2D eigenvalue weighted by Gasteiger charge is -2.01. The number of aromatic nitrogens is 3. The first-order valence-corrected chi connectivity index (χ1v) is 7.63. The molecular formula is C12H10IN5OS. The molecule has 0 radical (unpaired) electrons. The molecule has 0 bridgehead atoms. The van der Waals surface area contributed by atoms with Crippen LogP contribution in [0.15, 0.2) is 30.6 Å². The molecule has 0 aliphatic rings. The molecule has 0 spiro atoms. The van der Waals surface area contributed by atoms with Crippen LogP contribution in [0.2, 0.25) is 0 Å². The van der Waals surface area contributed by atoms with Gasteiger partial charge in [0.1, 0.15) is 6.54 Å². The van der Waals surface area contributed by atoms with Crippen molar-refractivity contribution in [3.05, 3.63) is 34.2 Å². The second-order valence-corrected chi connectivity index (χ2v) is 6.43. The second kappa shape index (κ2) is 5.37. The van der Waals surface area contributed by atoms with Crippen LogP contribution in [0.4, 0.5) is 10.8 Å². The number of amides is 1. The molecule has 20 heavy (non-hydrogen) atoms. The van der Waals surface area contributed by atoms with Gasteiger partial charge in [0.15, 0.2) is 5.13 Å². The molecule has 6 nitrogen and oxygen atoms in total. The summed E-state index contributed by atoms with van der Waals surface area (Å²) in [5.74, 6) is -0.156. The number of carbonyl (C=O) groups is 1. The lowest BCUT2D eigenvalue weighted by molar-refractivity contribution is -0.116. The molecule has 0 saturated carbocycles. The summed E-state index contributed by atoms with van der Waals surface area (Å²) in [6, 6.07) is 5.48. The van der Waals surface area contributed by atoms with Crippen molar-refractivity contribution in [2.45, 2.75) is 6.54 Å². The van der Waals surface area contributed by atoms with Gasteiger partial charge in [-0.25, -0.2) is 4.98 Å². The third-order valence-electron chi connectivity index (χ3n) is 2.57. The summed E-state index contributed by atoms with van der Waals surface area (Å²) in [4.78, 5) is 16.2. The number of benzene rings is 1. The van der Waals surface area contributed by atoms with Gasteiger partial charge < -0.3 is 11.1 Å². The fraction of sp³-hybridized carbons (Fsp3) is 0.0833.